The third-order valence-corrected chi connectivity index (χ3v) is 3.13. The maximum absolute atomic E-state index is 12.9. The second-order valence-electron chi connectivity index (χ2n) is 3.86. The zero-order valence-electron chi connectivity index (χ0n) is 9.27. The normalized spacial score (nSPS) is 12.7. The van der Waals surface area contributed by atoms with Crippen molar-refractivity contribution in [1.82, 2.24) is 15.0 Å². The lowest BCUT2D eigenvalue weighted by Crippen LogP contribution is -2.14. The fourth-order valence-electron chi connectivity index (χ4n) is 1.63. The van der Waals surface area contributed by atoms with Crippen LogP contribution in [0.15, 0.2) is 28.9 Å². The van der Waals surface area contributed by atoms with Gasteiger partial charge in [0.15, 0.2) is 0 Å². The van der Waals surface area contributed by atoms with Crippen LogP contribution in [0.1, 0.15) is 17.3 Å². The van der Waals surface area contributed by atoms with Crippen LogP contribution < -0.4 is 5.73 Å². The van der Waals surface area contributed by atoms with Crippen LogP contribution in [-0.4, -0.2) is 15.0 Å². The summed E-state index contributed by atoms with van der Waals surface area (Å²) in [5.74, 6) is -0.285. The van der Waals surface area contributed by atoms with Gasteiger partial charge in [-0.2, -0.15) is 0 Å². The van der Waals surface area contributed by atoms with Crippen LogP contribution in [0.4, 0.5) is 4.39 Å². The molecule has 0 spiro atoms. The van der Waals surface area contributed by atoms with Crippen LogP contribution in [0, 0.1) is 5.82 Å². The predicted octanol–water partition coefficient (Wildman–Crippen LogP) is 1.96. The third-order valence-electron chi connectivity index (χ3n) is 2.44. The van der Waals surface area contributed by atoms with Crippen molar-refractivity contribution in [3.05, 3.63) is 45.9 Å². The van der Waals surface area contributed by atoms with Crippen molar-refractivity contribution >= 4 is 15.9 Å². The van der Waals surface area contributed by atoms with E-state index in [4.69, 9.17) is 5.73 Å². The van der Waals surface area contributed by atoms with Crippen molar-refractivity contribution in [1.29, 1.82) is 0 Å². The van der Waals surface area contributed by atoms with Crippen LogP contribution in [0.3, 0.4) is 0 Å². The first-order valence-electron chi connectivity index (χ1n) is 5.12. The van der Waals surface area contributed by atoms with Crippen LogP contribution in [0.5, 0.6) is 0 Å². The standard InChI is InChI=1S/C11H12BrFN4/c1-17-6-8(15-16-17)5-11(14)9-3-2-7(13)4-10(9)12/h2-4,6,11H,5,14H2,1H3. The third kappa shape index (κ3) is 2.89. The lowest BCUT2D eigenvalue weighted by Gasteiger charge is -2.12. The van der Waals surface area contributed by atoms with Gasteiger partial charge in [-0.25, -0.2) is 4.39 Å². The summed E-state index contributed by atoms with van der Waals surface area (Å²) in [5, 5.41) is 7.81. The number of aryl methyl sites for hydroxylation is 1. The van der Waals surface area contributed by atoms with Crippen LogP contribution in [-0.2, 0) is 13.5 Å². The van der Waals surface area contributed by atoms with Crippen molar-refractivity contribution in [3.8, 4) is 0 Å². The van der Waals surface area contributed by atoms with E-state index in [0.29, 0.717) is 10.9 Å². The van der Waals surface area contributed by atoms with Crippen molar-refractivity contribution in [3.63, 3.8) is 0 Å². The van der Waals surface area contributed by atoms with E-state index >= 15 is 0 Å². The van der Waals surface area contributed by atoms with Crippen molar-refractivity contribution in [2.45, 2.75) is 12.5 Å². The Kier molecular flexibility index (Phi) is 3.54. The molecule has 1 aromatic carbocycles. The molecule has 0 saturated heterocycles. The first kappa shape index (κ1) is 12.2. The SMILES string of the molecule is Cn1cc(CC(N)c2ccc(F)cc2Br)nn1. The Morgan fingerprint density at radius 1 is 1.53 bits per heavy atom. The summed E-state index contributed by atoms with van der Waals surface area (Å²) >= 11 is 3.31. The highest BCUT2D eigenvalue weighted by molar-refractivity contribution is 9.10. The van der Waals surface area contributed by atoms with E-state index < -0.39 is 0 Å². The molecule has 0 fully saturated rings. The molecule has 0 aliphatic carbocycles. The minimum absolute atomic E-state index is 0.235. The molecule has 1 aromatic heterocycles. The van der Waals surface area contributed by atoms with E-state index in [1.165, 1.54) is 12.1 Å². The Bertz CT molecular complexity index is 526. The largest absolute Gasteiger partial charge is 0.324 e. The van der Waals surface area contributed by atoms with Gasteiger partial charge in [0, 0.05) is 30.2 Å². The summed E-state index contributed by atoms with van der Waals surface area (Å²) in [6.45, 7) is 0. The highest BCUT2D eigenvalue weighted by Crippen LogP contribution is 2.24. The molecule has 6 heteroatoms. The Morgan fingerprint density at radius 2 is 2.29 bits per heavy atom. The van der Waals surface area contributed by atoms with Gasteiger partial charge in [0.1, 0.15) is 5.82 Å². The minimum atomic E-state index is -0.285. The topological polar surface area (TPSA) is 56.7 Å². The highest BCUT2D eigenvalue weighted by atomic mass is 79.9. The summed E-state index contributed by atoms with van der Waals surface area (Å²) in [7, 11) is 1.80. The minimum Gasteiger partial charge on any atom is -0.324 e. The van der Waals surface area contributed by atoms with Crippen molar-refractivity contribution in [2.24, 2.45) is 12.8 Å². The monoisotopic (exact) mass is 298 g/mol. The van der Waals surface area contributed by atoms with Gasteiger partial charge in [0.2, 0.25) is 0 Å². The number of benzene rings is 1. The second kappa shape index (κ2) is 4.93. The van der Waals surface area contributed by atoms with E-state index in [-0.39, 0.29) is 11.9 Å². The van der Waals surface area contributed by atoms with E-state index in [2.05, 4.69) is 26.2 Å². The lowest BCUT2D eigenvalue weighted by atomic mass is 10.0. The molecule has 4 nitrogen and oxygen atoms in total. The van der Waals surface area contributed by atoms with E-state index in [0.717, 1.165) is 11.3 Å². The van der Waals surface area contributed by atoms with Crippen LogP contribution in [0.25, 0.3) is 0 Å². The first-order valence-corrected chi connectivity index (χ1v) is 5.91. The number of rotatable bonds is 3. The second-order valence-corrected chi connectivity index (χ2v) is 4.71. The molecular formula is C11H12BrFN4. The van der Waals surface area contributed by atoms with Crippen LogP contribution in [0.2, 0.25) is 0 Å². The average Bonchev–Trinajstić information content (AvgIpc) is 2.63. The summed E-state index contributed by atoms with van der Waals surface area (Å²) in [5.41, 5.74) is 7.73. The molecule has 0 saturated carbocycles. The number of nitrogens with zero attached hydrogens (tertiary/aromatic N) is 3. The average molecular weight is 299 g/mol. The van der Waals surface area contributed by atoms with Gasteiger partial charge in [-0.05, 0) is 17.7 Å². The Hall–Kier alpha value is -1.27. The van der Waals surface area contributed by atoms with Crippen molar-refractivity contribution in [2.75, 3.05) is 0 Å². The molecule has 0 aliphatic heterocycles. The number of hydrogen-bond donors (Lipinski definition) is 1. The lowest BCUT2D eigenvalue weighted by molar-refractivity contribution is 0.622. The summed E-state index contributed by atoms with van der Waals surface area (Å²) < 4.78 is 15.2. The maximum atomic E-state index is 12.9. The van der Waals surface area contributed by atoms with Gasteiger partial charge in [0.05, 0.1) is 5.69 Å². The molecular weight excluding hydrogens is 287 g/mol. The molecule has 17 heavy (non-hydrogen) atoms. The fourth-order valence-corrected chi connectivity index (χ4v) is 2.27. The van der Waals surface area contributed by atoms with Gasteiger partial charge in [-0.15, -0.1) is 5.10 Å². The molecule has 0 aliphatic rings. The number of hydrogen-bond acceptors (Lipinski definition) is 3. The molecule has 1 atom stereocenters. The van der Waals surface area contributed by atoms with Gasteiger partial charge >= 0.3 is 0 Å². The molecule has 0 radical (unpaired) electrons. The van der Waals surface area contributed by atoms with E-state index in [9.17, 15) is 4.39 Å². The fraction of sp³-hybridized carbons (Fsp3) is 0.273. The van der Waals surface area contributed by atoms with E-state index in [1.807, 2.05) is 6.20 Å². The smallest absolute Gasteiger partial charge is 0.124 e. The maximum Gasteiger partial charge on any atom is 0.124 e. The van der Waals surface area contributed by atoms with Gasteiger partial charge in [0.25, 0.3) is 0 Å². The summed E-state index contributed by atoms with van der Waals surface area (Å²) in [4.78, 5) is 0. The molecule has 1 unspecified atom stereocenters. The molecule has 90 valence electrons. The summed E-state index contributed by atoms with van der Waals surface area (Å²) in [6.07, 6.45) is 2.38. The van der Waals surface area contributed by atoms with Crippen molar-refractivity contribution < 1.29 is 4.39 Å². The highest BCUT2D eigenvalue weighted by Gasteiger charge is 2.13. The van der Waals surface area contributed by atoms with Gasteiger partial charge < -0.3 is 5.73 Å². The molecule has 0 bridgehead atoms. The molecule has 2 N–H and O–H groups in total. The molecule has 1 heterocycles. The first-order chi connectivity index (χ1) is 8.06. The van der Waals surface area contributed by atoms with E-state index in [1.54, 1.807) is 17.8 Å². The zero-order chi connectivity index (χ0) is 12.4. The number of aromatic nitrogens is 3. The zero-order valence-corrected chi connectivity index (χ0v) is 10.9. The summed E-state index contributed by atoms with van der Waals surface area (Å²) in [6, 6.07) is 4.25. The Morgan fingerprint density at radius 3 is 2.88 bits per heavy atom. The number of halogens is 2. The van der Waals surface area contributed by atoms with Gasteiger partial charge in [-0.1, -0.05) is 27.2 Å². The molecule has 0 amide bonds. The Balaban J connectivity index is 2.17. The Labute approximate surface area is 107 Å². The molecule has 2 rings (SSSR count). The van der Waals surface area contributed by atoms with Crippen LogP contribution >= 0.6 is 15.9 Å². The molecule has 2 aromatic rings. The quantitative estimate of drug-likeness (QED) is 0.942. The van der Waals surface area contributed by atoms with Gasteiger partial charge in [-0.3, -0.25) is 4.68 Å². The predicted molar refractivity (Wildman–Crippen MR) is 65.7 cm³/mol. The number of nitrogens with two attached hydrogens (primary N) is 1.